The van der Waals surface area contributed by atoms with Gasteiger partial charge in [-0.05, 0) is 5.56 Å². The minimum absolute atomic E-state index is 0.00176. The van der Waals surface area contributed by atoms with Gasteiger partial charge in [-0.3, -0.25) is 14.5 Å². The summed E-state index contributed by atoms with van der Waals surface area (Å²) in [5.74, 6) is -0.392. The van der Waals surface area contributed by atoms with Crippen molar-refractivity contribution < 1.29 is 14.3 Å². The normalized spacial score (nSPS) is 16.8. The highest BCUT2D eigenvalue weighted by molar-refractivity contribution is 5.83. The molecule has 1 aliphatic rings. The monoisotopic (exact) mass is 305 g/mol. The fraction of sp³-hybridized carbons (Fsp3) is 0.500. The lowest BCUT2D eigenvalue weighted by Crippen LogP contribution is -2.45. The molecule has 2 rings (SSSR count). The van der Waals surface area contributed by atoms with E-state index >= 15 is 0 Å². The quantitative estimate of drug-likeness (QED) is 0.794. The Morgan fingerprint density at radius 2 is 1.91 bits per heavy atom. The Labute approximate surface area is 130 Å². The van der Waals surface area contributed by atoms with E-state index in [1.807, 2.05) is 30.3 Å². The Morgan fingerprint density at radius 3 is 2.55 bits per heavy atom. The van der Waals surface area contributed by atoms with Crippen molar-refractivity contribution in [3.8, 4) is 0 Å². The number of benzene rings is 1. The molecule has 0 aliphatic carbocycles. The molecule has 0 radical (unpaired) electrons. The van der Waals surface area contributed by atoms with E-state index in [4.69, 9.17) is 4.74 Å². The Hall–Kier alpha value is -1.92. The zero-order valence-electron chi connectivity index (χ0n) is 12.9. The van der Waals surface area contributed by atoms with Gasteiger partial charge < -0.3 is 15.4 Å². The number of amides is 2. The third-order valence-electron chi connectivity index (χ3n) is 3.58. The summed E-state index contributed by atoms with van der Waals surface area (Å²) in [6.07, 6.45) is 0. The second-order valence-corrected chi connectivity index (χ2v) is 5.35. The maximum atomic E-state index is 12.0. The van der Waals surface area contributed by atoms with Crippen LogP contribution in [0.4, 0.5) is 0 Å². The third kappa shape index (κ3) is 5.46. The number of ether oxygens (including phenoxy) is 1. The molecule has 0 bridgehead atoms. The molecule has 2 amide bonds. The number of hydrogen-bond donors (Lipinski definition) is 2. The molecular formula is C16H23N3O3. The predicted octanol–water partition coefficient (Wildman–Crippen LogP) is 0.312. The number of morpholine rings is 1. The first-order valence-electron chi connectivity index (χ1n) is 7.54. The van der Waals surface area contributed by atoms with Crippen LogP contribution in [0.3, 0.4) is 0 Å². The molecule has 1 heterocycles. The van der Waals surface area contributed by atoms with Gasteiger partial charge in [-0.1, -0.05) is 30.3 Å². The molecule has 1 fully saturated rings. The molecule has 22 heavy (non-hydrogen) atoms. The largest absolute Gasteiger partial charge is 0.379 e. The summed E-state index contributed by atoms with van der Waals surface area (Å²) in [4.78, 5) is 25.2. The Bertz CT molecular complexity index is 487. The van der Waals surface area contributed by atoms with E-state index in [0.29, 0.717) is 0 Å². The van der Waals surface area contributed by atoms with Crippen LogP contribution in [0, 0.1) is 0 Å². The Kier molecular flexibility index (Phi) is 6.36. The van der Waals surface area contributed by atoms with Gasteiger partial charge in [-0.2, -0.15) is 0 Å². The minimum atomic E-state index is -0.209. The third-order valence-corrected chi connectivity index (χ3v) is 3.58. The van der Waals surface area contributed by atoms with Crippen LogP contribution in [0.25, 0.3) is 0 Å². The molecule has 0 spiro atoms. The van der Waals surface area contributed by atoms with Crippen LogP contribution < -0.4 is 10.6 Å². The number of nitrogens with one attached hydrogen (secondary N) is 2. The molecule has 1 aromatic rings. The Morgan fingerprint density at radius 1 is 1.23 bits per heavy atom. The second-order valence-electron chi connectivity index (χ2n) is 5.35. The summed E-state index contributed by atoms with van der Waals surface area (Å²) < 4.78 is 5.36. The van der Waals surface area contributed by atoms with Crippen molar-refractivity contribution in [1.82, 2.24) is 15.5 Å². The zero-order chi connectivity index (χ0) is 15.8. The van der Waals surface area contributed by atoms with E-state index in [2.05, 4.69) is 15.5 Å². The summed E-state index contributed by atoms with van der Waals surface area (Å²) in [5, 5.41) is 5.52. The zero-order valence-corrected chi connectivity index (χ0v) is 12.9. The van der Waals surface area contributed by atoms with Gasteiger partial charge in [0.1, 0.15) is 0 Å². The van der Waals surface area contributed by atoms with Gasteiger partial charge >= 0.3 is 0 Å². The van der Waals surface area contributed by atoms with Crippen molar-refractivity contribution in [1.29, 1.82) is 0 Å². The highest BCUT2D eigenvalue weighted by atomic mass is 16.5. The number of nitrogens with zero attached hydrogens (tertiary/aromatic N) is 1. The molecule has 1 aliphatic heterocycles. The van der Waals surface area contributed by atoms with Gasteiger partial charge in [-0.25, -0.2) is 0 Å². The van der Waals surface area contributed by atoms with Gasteiger partial charge in [0.25, 0.3) is 0 Å². The highest BCUT2D eigenvalue weighted by Crippen LogP contribution is 2.15. The Balaban J connectivity index is 1.98. The van der Waals surface area contributed by atoms with Crippen molar-refractivity contribution in [2.75, 3.05) is 39.4 Å². The van der Waals surface area contributed by atoms with Crippen LogP contribution in [-0.4, -0.2) is 56.1 Å². The summed E-state index contributed by atoms with van der Waals surface area (Å²) >= 11 is 0. The highest BCUT2D eigenvalue weighted by Gasteiger charge is 2.20. The lowest BCUT2D eigenvalue weighted by Gasteiger charge is -2.31. The van der Waals surface area contributed by atoms with E-state index in [0.717, 1.165) is 38.4 Å². The van der Waals surface area contributed by atoms with E-state index in [1.54, 1.807) is 0 Å². The van der Waals surface area contributed by atoms with E-state index in [-0.39, 0.29) is 24.4 Å². The molecule has 1 saturated heterocycles. The first kappa shape index (κ1) is 16.5. The number of carbonyl (C=O) groups excluding carboxylic acids is 2. The predicted molar refractivity (Wildman–Crippen MR) is 83.3 cm³/mol. The van der Waals surface area contributed by atoms with E-state index in [1.165, 1.54) is 6.92 Å². The van der Waals surface area contributed by atoms with E-state index < -0.39 is 0 Å². The molecule has 6 nitrogen and oxygen atoms in total. The first-order chi connectivity index (χ1) is 10.6. The van der Waals surface area contributed by atoms with Gasteiger partial charge in [0, 0.05) is 26.6 Å². The fourth-order valence-electron chi connectivity index (χ4n) is 2.41. The van der Waals surface area contributed by atoms with Crippen molar-refractivity contribution in [3.63, 3.8) is 0 Å². The van der Waals surface area contributed by atoms with Crippen molar-refractivity contribution in [2.45, 2.75) is 13.0 Å². The van der Waals surface area contributed by atoms with Gasteiger partial charge in [0.05, 0.1) is 25.8 Å². The summed E-state index contributed by atoms with van der Waals surface area (Å²) in [5.41, 5.74) is 1.06. The van der Waals surface area contributed by atoms with Crippen LogP contribution in [0.2, 0.25) is 0 Å². The van der Waals surface area contributed by atoms with Gasteiger partial charge in [0.2, 0.25) is 11.8 Å². The maximum Gasteiger partial charge on any atom is 0.239 e. The van der Waals surface area contributed by atoms with Gasteiger partial charge in [0.15, 0.2) is 0 Å². The molecule has 0 aromatic heterocycles. The molecule has 2 N–H and O–H groups in total. The van der Waals surface area contributed by atoms with Crippen LogP contribution in [-0.2, 0) is 14.3 Å². The van der Waals surface area contributed by atoms with Crippen LogP contribution in [0.15, 0.2) is 30.3 Å². The fourth-order valence-corrected chi connectivity index (χ4v) is 2.41. The van der Waals surface area contributed by atoms with Crippen molar-refractivity contribution >= 4 is 11.8 Å². The first-order valence-corrected chi connectivity index (χ1v) is 7.54. The molecular weight excluding hydrogens is 282 g/mol. The van der Waals surface area contributed by atoms with E-state index in [9.17, 15) is 9.59 Å². The molecule has 0 unspecified atom stereocenters. The van der Waals surface area contributed by atoms with Crippen LogP contribution in [0.5, 0.6) is 0 Å². The summed E-state index contributed by atoms with van der Waals surface area (Å²) in [6, 6.07) is 9.78. The molecule has 0 saturated carbocycles. The number of rotatable bonds is 6. The average Bonchev–Trinajstić information content (AvgIpc) is 2.54. The van der Waals surface area contributed by atoms with Crippen molar-refractivity contribution in [2.24, 2.45) is 0 Å². The molecule has 1 atom stereocenters. The maximum absolute atomic E-state index is 12.0. The van der Waals surface area contributed by atoms with Crippen LogP contribution >= 0.6 is 0 Å². The second kappa shape index (κ2) is 8.51. The van der Waals surface area contributed by atoms with Crippen molar-refractivity contribution in [3.05, 3.63) is 35.9 Å². The number of hydrogen-bond acceptors (Lipinski definition) is 4. The minimum Gasteiger partial charge on any atom is -0.379 e. The molecule has 1 aromatic carbocycles. The SMILES string of the molecule is CC(=O)NCC(=O)N[C@H](CN1CCOCC1)c1ccccc1. The van der Waals surface area contributed by atoms with Crippen LogP contribution in [0.1, 0.15) is 18.5 Å². The standard InChI is InChI=1S/C16H23N3O3/c1-13(20)17-11-16(21)18-15(14-5-3-2-4-6-14)12-19-7-9-22-10-8-19/h2-6,15H,7-12H2,1H3,(H,17,20)(H,18,21)/t15-/m1/s1. The molecule has 6 heteroatoms. The summed E-state index contributed by atoms with van der Waals surface area (Å²) in [6.45, 7) is 5.31. The van der Waals surface area contributed by atoms with Gasteiger partial charge in [-0.15, -0.1) is 0 Å². The summed E-state index contributed by atoms with van der Waals surface area (Å²) in [7, 11) is 0. The lowest BCUT2D eigenvalue weighted by atomic mass is 10.1. The number of carbonyl (C=O) groups is 2. The topological polar surface area (TPSA) is 70.7 Å². The molecule has 120 valence electrons. The average molecular weight is 305 g/mol. The smallest absolute Gasteiger partial charge is 0.239 e. The lowest BCUT2D eigenvalue weighted by molar-refractivity contribution is -0.125.